The Hall–Kier alpha value is -1.40. The predicted molar refractivity (Wildman–Crippen MR) is 64.0 cm³/mol. The molecule has 1 amide bonds. The summed E-state index contributed by atoms with van der Waals surface area (Å²) in [5, 5.41) is 18.2. The number of hydrogen-bond acceptors (Lipinski definition) is 5. The fourth-order valence-corrected chi connectivity index (χ4v) is 1.60. The molecule has 1 aliphatic rings. The second-order valence-corrected chi connectivity index (χ2v) is 5.13. The molecule has 2 N–H and O–H groups in total. The monoisotopic (exact) mass is 257 g/mol. The van der Waals surface area contributed by atoms with Crippen LogP contribution in [0.2, 0.25) is 0 Å². The van der Waals surface area contributed by atoms with Crippen LogP contribution in [0.1, 0.15) is 20.8 Å². The SMILES string of the molecule is CC(C)(C)OC(=O)N1CC(=O)C(CO)=C[C@H]1CO. The molecule has 0 spiro atoms. The van der Waals surface area contributed by atoms with E-state index in [2.05, 4.69) is 0 Å². The lowest BCUT2D eigenvalue weighted by Crippen LogP contribution is -2.50. The van der Waals surface area contributed by atoms with Crippen LogP contribution in [0.3, 0.4) is 0 Å². The third kappa shape index (κ3) is 3.54. The molecule has 6 nitrogen and oxygen atoms in total. The van der Waals surface area contributed by atoms with E-state index in [9.17, 15) is 14.7 Å². The van der Waals surface area contributed by atoms with Crippen molar-refractivity contribution in [3.05, 3.63) is 11.6 Å². The number of hydrogen-bond donors (Lipinski definition) is 2. The number of carbonyl (C=O) groups is 2. The number of ketones is 1. The molecule has 0 unspecified atom stereocenters. The van der Waals surface area contributed by atoms with Gasteiger partial charge in [0.25, 0.3) is 0 Å². The Bertz CT molecular complexity index is 369. The van der Waals surface area contributed by atoms with Crippen molar-refractivity contribution < 1.29 is 24.5 Å². The zero-order chi connectivity index (χ0) is 13.9. The van der Waals surface area contributed by atoms with E-state index in [0.29, 0.717) is 0 Å². The van der Waals surface area contributed by atoms with E-state index >= 15 is 0 Å². The Labute approximate surface area is 106 Å². The number of amides is 1. The second kappa shape index (κ2) is 5.49. The van der Waals surface area contributed by atoms with Crippen molar-refractivity contribution in [3.8, 4) is 0 Å². The van der Waals surface area contributed by atoms with E-state index in [1.807, 2.05) is 0 Å². The Morgan fingerprint density at radius 3 is 2.56 bits per heavy atom. The predicted octanol–water partition coefficient (Wildman–Crippen LogP) is 0.0858. The molecule has 0 saturated carbocycles. The Balaban J connectivity index is 2.86. The maximum absolute atomic E-state index is 11.9. The van der Waals surface area contributed by atoms with Crippen molar-refractivity contribution in [2.24, 2.45) is 0 Å². The zero-order valence-corrected chi connectivity index (χ0v) is 10.8. The summed E-state index contributed by atoms with van der Waals surface area (Å²) < 4.78 is 5.16. The summed E-state index contributed by atoms with van der Waals surface area (Å²) in [4.78, 5) is 24.6. The number of aliphatic hydroxyl groups is 2. The van der Waals surface area contributed by atoms with E-state index in [0.717, 1.165) is 4.90 Å². The van der Waals surface area contributed by atoms with Gasteiger partial charge in [0.2, 0.25) is 0 Å². The molecule has 1 aliphatic heterocycles. The highest BCUT2D eigenvalue weighted by Gasteiger charge is 2.33. The van der Waals surface area contributed by atoms with Gasteiger partial charge in [-0.2, -0.15) is 0 Å². The van der Waals surface area contributed by atoms with Crippen molar-refractivity contribution in [2.75, 3.05) is 19.8 Å². The number of aliphatic hydroxyl groups excluding tert-OH is 2. The first-order chi connectivity index (χ1) is 8.28. The van der Waals surface area contributed by atoms with Crippen molar-refractivity contribution in [3.63, 3.8) is 0 Å². The molecule has 1 heterocycles. The first-order valence-electron chi connectivity index (χ1n) is 5.73. The molecule has 0 aromatic heterocycles. The molecule has 0 bridgehead atoms. The van der Waals surface area contributed by atoms with Gasteiger partial charge in [-0.1, -0.05) is 6.08 Å². The van der Waals surface area contributed by atoms with Crippen molar-refractivity contribution in [2.45, 2.75) is 32.4 Å². The van der Waals surface area contributed by atoms with Crippen molar-refractivity contribution in [1.82, 2.24) is 4.90 Å². The molecule has 0 saturated heterocycles. The average molecular weight is 257 g/mol. The smallest absolute Gasteiger partial charge is 0.411 e. The zero-order valence-electron chi connectivity index (χ0n) is 10.8. The Morgan fingerprint density at radius 2 is 2.11 bits per heavy atom. The molecule has 102 valence electrons. The summed E-state index contributed by atoms with van der Waals surface area (Å²) in [6.07, 6.45) is 0.749. The summed E-state index contributed by atoms with van der Waals surface area (Å²) in [5.41, 5.74) is -0.449. The highest BCUT2D eigenvalue weighted by Crippen LogP contribution is 2.17. The van der Waals surface area contributed by atoms with Gasteiger partial charge in [-0.15, -0.1) is 0 Å². The molecule has 0 aromatic rings. The maximum Gasteiger partial charge on any atom is 0.411 e. The Kier molecular flexibility index (Phi) is 4.48. The van der Waals surface area contributed by atoms with Gasteiger partial charge in [-0.3, -0.25) is 9.69 Å². The van der Waals surface area contributed by atoms with E-state index < -0.39 is 24.3 Å². The highest BCUT2D eigenvalue weighted by atomic mass is 16.6. The number of ether oxygens (including phenoxy) is 1. The lowest BCUT2D eigenvalue weighted by atomic mass is 10.0. The summed E-state index contributed by atoms with van der Waals surface area (Å²) in [5.74, 6) is -0.340. The van der Waals surface area contributed by atoms with Gasteiger partial charge < -0.3 is 14.9 Å². The molecular weight excluding hydrogens is 238 g/mol. The van der Waals surface area contributed by atoms with E-state index in [1.165, 1.54) is 6.08 Å². The van der Waals surface area contributed by atoms with Gasteiger partial charge in [0, 0.05) is 5.57 Å². The summed E-state index contributed by atoms with van der Waals surface area (Å²) in [7, 11) is 0. The number of rotatable bonds is 2. The lowest BCUT2D eigenvalue weighted by Gasteiger charge is -2.33. The summed E-state index contributed by atoms with van der Waals surface area (Å²) in [6.45, 7) is 4.26. The summed E-state index contributed by atoms with van der Waals surface area (Å²) in [6, 6.07) is -0.639. The molecule has 0 fully saturated rings. The maximum atomic E-state index is 11.9. The molecule has 18 heavy (non-hydrogen) atoms. The third-order valence-corrected chi connectivity index (χ3v) is 2.45. The standard InChI is InChI=1S/C12H19NO5/c1-12(2,3)18-11(17)13-5-10(16)8(6-14)4-9(13)7-15/h4,9,14-15H,5-7H2,1-3H3/t9-/m0/s1. The molecule has 1 atom stereocenters. The van der Waals surface area contributed by atoms with Crippen LogP contribution >= 0.6 is 0 Å². The van der Waals surface area contributed by atoms with E-state index in [4.69, 9.17) is 9.84 Å². The topological polar surface area (TPSA) is 87.1 Å². The molecule has 0 radical (unpaired) electrons. The van der Waals surface area contributed by atoms with Gasteiger partial charge in [0.05, 0.1) is 25.8 Å². The number of nitrogens with zero attached hydrogens (tertiary/aromatic N) is 1. The van der Waals surface area contributed by atoms with E-state index in [-0.39, 0.29) is 24.5 Å². The molecule has 6 heteroatoms. The highest BCUT2D eigenvalue weighted by molar-refractivity contribution is 5.99. The van der Waals surface area contributed by atoms with Gasteiger partial charge in [0.15, 0.2) is 5.78 Å². The van der Waals surface area contributed by atoms with Crippen molar-refractivity contribution in [1.29, 1.82) is 0 Å². The van der Waals surface area contributed by atoms with Crippen LogP contribution in [0.25, 0.3) is 0 Å². The molecule has 0 aliphatic carbocycles. The first-order valence-corrected chi connectivity index (χ1v) is 5.73. The van der Waals surface area contributed by atoms with Gasteiger partial charge in [-0.25, -0.2) is 4.79 Å². The largest absolute Gasteiger partial charge is 0.444 e. The quantitative estimate of drug-likeness (QED) is 0.732. The van der Waals surface area contributed by atoms with E-state index in [1.54, 1.807) is 20.8 Å². The third-order valence-electron chi connectivity index (χ3n) is 2.45. The van der Waals surface area contributed by atoms with Crippen LogP contribution < -0.4 is 0 Å². The summed E-state index contributed by atoms with van der Waals surface area (Å²) >= 11 is 0. The van der Waals surface area contributed by atoms with Gasteiger partial charge in [0.1, 0.15) is 5.60 Å². The van der Waals surface area contributed by atoms with Gasteiger partial charge in [-0.05, 0) is 20.8 Å². The van der Waals surface area contributed by atoms with Crippen LogP contribution in [-0.4, -0.2) is 58.4 Å². The molecule has 1 rings (SSSR count). The van der Waals surface area contributed by atoms with Crippen molar-refractivity contribution >= 4 is 11.9 Å². The normalized spacial score (nSPS) is 20.7. The minimum Gasteiger partial charge on any atom is -0.444 e. The Morgan fingerprint density at radius 1 is 1.50 bits per heavy atom. The van der Waals surface area contributed by atoms with Crippen LogP contribution in [0, 0.1) is 0 Å². The second-order valence-electron chi connectivity index (χ2n) is 5.13. The molecular formula is C12H19NO5. The average Bonchev–Trinajstić information content (AvgIpc) is 2.26. The number of Topliss-reactive ketones (excluding diaryl/α,β-unsaturated/α-hetero) is 1. The lowest BCUT2D eigenvalue weighted by molar-refractivity contribution is -0.118. The van der Waals surface area contributed by atoms with Crippen LogP contribution in [-0.2, 0) is 9.53 Å². The first kappa shape index (κ1) is 14.7. The van der Waals surface area contributed by atoms with Crippen LogP contribution in [0.5, 0.6) is 0 Å². The van der Waals surface area contributed by atoms with Crippen LogP contribution in [0.4, 0.5) is 4.79 Å². The van der Waals surface area contributed by atoms with Gasteiger partial charge >= 0.3 is 6.09 Å². The minimum atomic E-state index is -0.666. The minimum absolute atomic E-state index is 0.188. The van der Waals surface area contributed by atoms with Crippen LogP contribution in [0.15, 0.2) is 11.6 Å². The fourth-order valence-electron chi connectivity index (χ4n) is 1.60. The fraction of sp³-hybridized carbons (Fsp3) is 0.667. The molecule has 0 aromatic carbocycles. The number of carbonyl (C=O) groups excluding carboxylic acids is 2.